The summed E-state index contributed by atoms with van der Waals surface area (Å²) in [5.74, 6) is 3.58. The molecule has 0 N–H and O–H groups in total. The highest BCUT2D eigenvalue weighted by Crippen LogP contribution is 2.31. The van der Waals surface area contributed by atoms with Gasteiger partial charge in [-0.25, -0.2) is 4.98 Å². The summed E-state index contributed by atoms with van der Waals surface area (Å²) in [5, 5.41) is 0. The SMILES string of the molecule is CC(C)c1ccc(N(CC2COC2)Sc2ccc(OCC3CCOCC3)cc2)nc1. The number of nitrogens with zero attached hydrogens (tertiary/aromatic N) is 2. The Morgan fingerprint density at radius 1 is 1.03 bits per heavy atom. The van der Waals surface area contributed by atoms with Crippen molar-refractivity contribution in [2.24, 2.45) is 11.8 Å². The van der Waals surface area contributed by atoms with Gasteiger partial charge in [0, 0.05) is 36.8 Å². The summed E-state index contributed by atoms with van der Waals surface area (Å²) in [6.45, 7) is 9.48. The van der Waals surface area contributed by atoms with E-state index in [0.29, 0.717) is 17.8 Å². The topological polar surface area (TPSA) is 43.8 Å². The van der Waals surface area contributed by atoms with E-state index in [1.807, 2.05) is 6.20 Å². The minimum absolute atomic E-state index is 0.487. The highest BCUT2D eigenvalue weighted by atomic mass is 32.2. The van der Waals surface area contributed by atoms with Crippen LogP contribution in [0.4, 0.5) is 5.82 Å². The fourth-order valence-electron chi connectivity index (χ4n) is 3.54. The minimum Gasteiger partial charge on any atom is -0.493 e. The standard InChI is InChI=1S/C24H32N2O3S/c1-18(2)21-3-8-24(25-13-21)26(14-20-15-28-16-20)30-23-6-4-22(5-7-23)29-17-19-9-11-27-12-10-19/h3-8,13,18-20H,9-12,14-17H2,1-2H3. The molecule has 3 heterocycles. The summed E-state index contributed by atoms with van der Waals surface area (Å²) in [6.07, 6.45) is 4.19. The van der Waals surface area contributed by atoms with Crippen molar-refractivity contribution in [1.29, 1.82) is 0 Å². The maximum absolute atomic E-state index is 6.01. The molecule has 2 fully saturated rings. The first kappa shape index (κ1) is 21.5. The first-order valence-corrected chi connectivity index (χ1v) is 11.7. The predicted molar refractivity (Wildman–Crippen MR) is 121 cm³/mol. The molecule has 4 rings (SSSR count). The second kappa shape index (κ2) is 10.5. The van der Waals surface area contributed by atoms with Crippen LogP contribution < -0.4 is 9.04 Å². The molecule has 2 aliphatic rings. The maximum atomic E-state index is 6.01. The largest absolute Gasteiger partial charge is 0.493 e. The van der Waals surface area contributed by atoms with Crippen LogP contribution in [0, 0.1) is 11.8 Å². The van der Waals surface area contributed by atoms with Crippen molar-refractivity contribution in [2.75, 3.05) is 43.9 Å². The smallest absolute Gasteiger partial charge is 0.138 e. The van der Waals surface area contributed by atoms with E-state index in [1.165, 1.54) is 10.5 Å². The quantitative estimate of drug-likeness (QED) is 0.513. The molecule has 2 saturated heterocycles. The maximum Gasteiger partial charge on any atom is 0.138 e. The third kappa shape index (κ3) is 5.90. The van der Waals surface area contributed by atoms with Gasteiger partial charge in [0.05, 0.1) is 19.8 Å². The normalized spacial score (nSPS) is 17.7. The van der Waals surface area contributed by atoms with Gasteiger partial charge in [0.1, 0.15) is 11.6 Å². The average molecular weight is 429 g/mol. The number of ether oxygens (including phenoxy) is 3. The summed E-state index contributed by atoms with van der Waals surface area (Å²) < 4.78 is 19.1. The Labute approximate surface area is 184 Å². The molecular weight excluding hydrogens is 396 g/mol. The Balaban J connectivity index is 1.37. The molecule has 0 amide bonds. The average Bonchev–Trinajstić information content (AvgIpc) is 2.75. The second-order valence-corrected chi connectivity index (χ2v) is 9.59. The molecule has 0 saturated carbocycles. The Bertz CT molecular complexity index is 772. The summed E-state index contributed by atoms with van der Waals surface area (Å²) in [7, 11) is 0. The van der Waals surface area contributed by atoms with E-state index < -0.39 is 0 Å². The highest BCUT2D eigenvalue weighted by molar-refractivity contribution is 8.00. The Morgan fingerprint density at radius 2 is 1.80 bits per heavy atom. The van der Waals surface area contributed by atoms with E-state index in [2.05, 4.69) is 54.6 Å². The zero-order valence-corrected chi connectivity index (χ0v) is 18.8. The van der Waals surface area contributed by atoms with Gasteiger partial charge in [0.25, 0.3) is 0 Å². The summed E-state index contributed by atoms with van der Waals surface area (Å²) in [4.78, 5) is 5.92. The van der Waals surface area contributed by atoms with Crippen molar-refractivity contribution in [3.63, 3.8) is 0 Å². The molecule has 30 heavy (non-hydrogen) atoms. The van der Waals surface area contributed by atoms with Crippen LogP contribution in [0.1, 0.15) is 38.2 Å². The number of anilines is 1. The molecule has 0 aliphatic carbocycles. The van der Waals surface area contributed by atoms with Crippen LogP contribution in [0.25, 0.3) is 0 Å². The van der Waals surface area contributed by atoms with Crippen LogP contribution in [-0.4, -0.2) is 44.6 Å². The van der Waals surface area contributed by atoms with E-state index in [0.717, 1.165) is 64.0 Å². The first-order chi connectivity index (χ1) is 14.7. The fraction of sp³-hybridized carbons (Fsp3) is 0.542. The number of aromatic nitrogens is 1. The molecular formula is C24H32N2O3S. The fourth-order valence-corrected chi connectivity index (χ4v) is 4.54. The number of benzene rings is 1. The van der Waals surface area contributed by atoms with E-state index in [9.17, 15) is 0 Å². The molecule has 0 unspecified atom stereocenters. The van der Waals surface area contributed by atoms with Gasteiger partial charge in [0.2, 0.25) is 0 Å². The van der Waals surface area contributed by atoms with Crippen molar-refractivity contribution in [1.82, 2.24) is 4.98 Å². The van der Waals surface area contributed by atoms with Gasteiger partial charge < -0.3 is 14.2 Å². The van der Waals surface area contributed by atoms with Gasteiger partial charge in [-0.05, 0) is 72.5 Å². The summed E-state index contributed by atoms with van der Waals surface area (Å²) in [6, 6.07) is 12.7. The van der Waals surface area contributed by atoms with Crippen molar-refractivity contribution in [2.45, 2.75) is 37.5 Å². The lowest BCUT2D eigenvalue weighted by Gasteiger charge is -2.32. The highest BCUT2D eigenvalue weighted by Gasteiger charge is 2.23. The monoisotopic (exact) mass is 428 g/mol. The Kier molecular flexibility index (Phi) is 7.52. The molecule has 6 heteroatoms. The third-order valence-corrected chi connectivity index (χ3v) is 6.73. The lowest BCUT2D eigenvalue weighted by atomic mass is 10.0. The third-order valence-electron chi connectivity index (χ3n) is 5.69. The lowest BCUT2D eigenvalue weighted by molar-refractivity contribution is -0.0261. The second-order valence-electron chi connectivity index (χ2n) is 8.50. The molecule has 162 valence electrons. The lowest BCUT2D eigenvalue weighted by Crippen LogP contribution is -2.37. The summed E-state index contributed by atoms with van der Waals surface area (Å²) in [5.41, 5.74) is 1.27. The van der Waals surface area contributed by atoms with E-state index in [1.54, 1.807) is 11.9 Å². The molecule has 0 radical (unpaired) electrons. The van der Waals surface area contributed by atoms with Gasteiger partial charge in [-0.1, -0.05) is 19.9 Å². The molecule has 0 atom stereocenters. The van der Waals surface area contributed by atoms with Gasteiger partial charge >= 0.3 is 0 Å². The van der Waals surface area contributed by atoms with Crippen LogP contribution in [0.2, 0.25) is 0 Å². The van der Waals surface area contributed by atoms with Crippen LogP contribution in [-0.2, 0) is 9.47 Å². The molecule has 0 bridgehead atoms. The number of hydrogen-bond donors (Lipinski definition) is 0. The number of pyridine rings is 1. The van der Waals surface area contributed by atoms with Crippen molar-refractivity contribution < 1.29 is 14.2 Å². The van der Waals surface area contributed by atoms with Crippen LogP contribution >= 0.6 is 11.9 Å². The predicted octanol–water partition coefficient (Wildman–Crippen LogP) is 5.17. The van der Waals surface area contributed by atoms with E-state index in [-0.39, 0.29) is 0 Å². The Morgan fingerprint density at radius 3 is 2.40 bits per heavy atom. The van der Waals surface area contributed by atoms with Crippen molar-refractivity contribution in [3.8, 4) is 5.75 Å². The molecule has 5 nitrogen and oxygen atoms in total. The molecule has 2 aromatic rings. The van der Waals surface area contributed by atoms with Gasteiger partial charge in [-0.15, -0.1) is 0 Å². The van der Waals surface area contributed by atoms with Crippen LogP contribution in [0.3, 0.4) is 0 Å². The number of rotatable bonds is 9. The molecule has 2 aliphatic heterocycles. The van der Waals surface area contributed by atoms with Gasteiger partial charge in [-0.3, -0.25) is 4.31 Å². The van der Waals surface area contributed by atoms with Crippen LogP contribution in [0.5, 0.6) is 5.75 Å². The van der Waals surface area contributed by atoms with E-state index >= 15 is 0 Å². The zero-order chi connectivity index (χ0) is 20.8. The van der Waals surface area contributed by atoms with Gasteiger partial charge in [0.15, 0.2) is 0 Å². The van der Waals surface area contributed by atoms with Crippen molar-refractivity contribution >= 4 is 17.8 Å². The Hall–Kier alpha value is -1.76. The van der Waals surface area contributed by atoms with Crippen molar-refractivity contribution in [3.05, 3.63) is 48.2 Å². The minimum atomic E-state index is 0.487. The van der Waals surface area contributed by atoms with Crippen LogP contribution in [0.15, 0.2) is 47.5 Å². The molecule has 0 spiro atoms. The zero-order valence-electron chi connectivity index (χ0n) is 18.0. The van der Waals surface area contributed by atoms with Gasteiger partial charge in [-0.2, -0.15) is 0 Å². The molecule has 1 aromatic carbocycles. The first-order valence-electron chi connectivity index (χ1n) is 11.0. The number of hydrogen-bond acceptors (Lipinski definition) is 6. The molecule has 1 aromatic heterocycles. The van der Waals surface area contributed by atoms with E-state index in [4.69, 9.17) is 19.2 Å². The summed E-state index contributed by atoms with van der Waals surface area (Å²) >= 11 is 1.73.